The van der Waals surface area contributed by atoms with Gasteiger partial charge in [-0.3, -0.25) is 0 Å². The van der Waals surface area contributed by atoms with Gasteiger partial charge in [0.15, 0.2) is 0 Å². The van der Waals surface area contributed by atoms with Crippen LogP contribution in [0.2, 0.25) is 0 Å². The number of hydrogen-bond donors (Lipinski definition) is 0. The molecule has 0 aromatic heterocycles. The Labute approximate surface area is 169 Å². The SMILES string of the molecule is COc1ccc(COC(=S)SCCCOc2ccc3ccccc3c2)cc1. The predicted octanol–water partition coefficient (Wildman–Crippen LogP) is 5.85. The van der Waals surface area contributed by atoms with Crippen molar-refractivity contribution in [3.63, 3.8) is 0 Å². The highest BCUT2D eigenvalue weighted by Crippen LogP contribution is 2.21. The number of hydrogen-bond acceptors (Lipinski definition) is 5. The van der Waals surface area contributed by atoms with Crippen LogP contribution in [-0.4, -0.2) is 23.9 Å². The molecule has 0 spiro atoms. The molecule has 3 aromatic rings. The molecule has 0 unspecified atom stereocenters. The van der Waals surface area contributed by atoms with Crippen LogP contribution >= 0.6 is 24.0 Å². The lowest BCUT2D eigenvalue weighted by Crippen LogP contribution is -2.02. The third kappa shape index (κ3) is 6.15. The number of thioether (sulfide) groups is 1. The Morgan fingerprint density at radius 1 is 0.926 bits per heavy atom. The zero-order valence-electron chi connectivity index (χ0n) is 15.2. The molecule has 0 heterocycles. The molecule has 5 heteroatoms. The van der Waals surface area contributed by atoms with Gasteiger partial charge in [0, 0.05) is 5.75 Å². The Bertz CT molecular complexity index is 878. The van der Waals surface area contributed by atoms with Gasteiger partial charge >= 0.3 is 0 Å². The molecule has 3 aromatic carbocycles. The van der Waals surface area contributed by atoms with Gasteiger partial charge in [0.2, 0.25) is 4.38 Å². The van der Waals surface area contributed by atoms with Crippen molar-refractivity contribution in [2.24, 2.45) is 0 Å². The second-order valence-corrected chi connectivity index (χ2v) is 7.64. The first-order valence-corrected chi connectivity index (χ1v) is 10.2. The lowest BCUT2D eigenvalue weighted by atomic mass is 10.1. The van der Waals surface area contributed by atoms with Crippen molar-refractivity contribution in [2.45, 2.75) is 13.0 Å². The molecule has 0 saturated heterocycles. The minimum absolute atomic E-state index is 0.476. The average Bonchev–Trinajstić information content (AvgIpc) is 2.72. The molecule has 0 fully saturated rings. The van der Waals surface area contributed by atoms with Gasteiger partial charge in [0.05, 0.1) is 13.7 Å². The molecule has 3 rings (SSSR count). The van der Waals surface area contributed by atoms with Crippen LogP contribution in [0.4, 0.5) is 0 Å². The van der Waals surface area contributed by atoms with E-state index < -0.39 is 0 Å². The molecular weight excluding hydrogens is 376 g/mol. The fraction of sp³-hybridized carbons (Fsp3) is 0.227. The number of rotatable bonds is 8. The first-order chi connectivity index (χ1) is 13.2. The lowest BCUT2D eigenvalue weighted by Gasteiger charge is -2.09. The Hall–Kier alpha value is -2.24. The topological polar surface area (TPSA) is 27.7 Å². The summed E-state index contributed by atoms with van der Waals surface area (Å²) in [5.74, 6) is 2.61. The van der Waals surface area contributed by atoms with Gasteiger partial charge in [-0.1, -0.05) is 54.2 Å². The van der Waals surface area contributed by atoms with Gasteiger partial charge < -0.3 is 14.2 Å². The first kappa shape index (κ1) is 19.5. The highest BCUT2D eigenvalue weighted by atomic mass is 32.2. The summed E-state index contributed by atoms with van der Waals surface area (Å²) in [7, 11) is 1.65. The van der Waals surface area contributed by atoms with E-state index in [0.29, 0.717) is 17.6 Å². The van der Waals surface area contributed by atoms with E-state index in [-0.39, 0.29) is 0 Å². The summed E-state index contributed by atoms with van der Waals surface area (Å²) < 4.78 is 17.2. The first-order valence-electron chi connectivity index (χ1n) is 8.79. The molecule has 0 aliphatic carbocycles. The molecular formula is C22H22O3S2. The van der Waals surface area contributed by atoms with Crippen LogP contribution in [0.15, 0.2) is 66.7 Å². The largest absolute Gasteiger partial charge is 0.497 e. The fourth-order valence-electron chi connectivity index (χ4n) is 2.57. The monoisotopic (exact) mass is 398 g/mol. The second kappa shape index (κ2) is 10.2. The van der Waals surface area contributed by atoms with Crippen LogP contribution in [0.1, 0.15) is 12.0 Å². The standard InChI is InChI=1S/C22H22O3S2/c1-23-20-10-7-17(8-11-20)16-25-22(26)27-14-4-13-24-21-12-9-18-5-2-3-6-19(18)15-21/h2-3,5-12,15H,4,13-14,16H2,1H3. The maximum Gasteiger partial charge on any atom is 0.220 e. The molecule has 0 atom stereocenters. The molecule has 0 radical (unpaired) electrons. The Kier molecular flexibility index (Phi) is 7.36. The number of ether oxygens (including phenoxy) is 3. The van der Waals surface area contributed by atoms with Gasteiger partial charge in [-0.15, -0.1) is 0 Å². The molecule has 0 amide bonds. The van der Waals surface area contributed by atoms with Crippen molar-refractivity contribution in [2.75, 3.05) is 19.5 Å². The second-order valence-electron chi connectivity index (χ2n) is 5.95. The highest BCUT2D eigenvalue weighted by molar-refractivity contribution is 8.22. The van der Waals surface area contributed by atoms with Gasteiger partial charge in [0.1, 0.15) is 18.1 Å². The van der Waals surface area contributed by atoms with E-state index in [0.717, 1.165) is 29.2 Å². The van der Waals surface area contributed by atoms with Crippen molar-refractivity contribution < 1.29 is 14.2 Å². The maximum atomic E-state index is 5.84. The van der Waals surface area contributed by atoms with Crippen LogP contribution in [0, 0.1) is 0 Å². The summed E-state index contributed by atoms with van der Waals surface area (Å²) in [5.41, 5.74) is 1.07. The minimum Gasteiger partial charge on any atom is -0.497 e. The Morgan fingerprint density at radius 3 is 2.44 bits per heavy atom. The summed E-state index contributed by atoms with van der Waals surface area (Å²) in [6.07, 6.45) is 0.906. The summed E-state index contributed by atoms with van der Waals surface area (Å²) in [5, 5.41) is 2.41. The van der Waals surface area contributed by atoms with E-state index in [9.17, 15) is 0 Å². The van der Waals surface area contributed by atoms with E-state index in [4.69, 9.17) is 26.4 Å². The molecule has 0 bridgehead atoms. The highest BCUT2D eigenvalue weighted by Gasteiger charge is 2.02. The van der Waals surface area contributed by atoms with Gasteiger partial charge in [0.25, 0.3) is 0 Å². The molecule has 140 valence electrons. The van der Waals surface area contributed by atoms with Crippen molar-refractivity contribution in [3.05, 3.63) is 72.3 Å². The van der Waals surface area contributed by atoms with E-state index in [1.807, 2.05) is 42.5 Å². The van der Waals surface area contributed by atoms with E-state index in [2.05, 4.69) is 24.3 Å². The minimum atomic E-state index is 0.476. The Morgan fingerprint density at radius 2 is 1.67 bits per heavy atom. The van der Waals surface area contributed by atoms with E-state index in [1.54, 1.807) is 18.9 Å². The third-order valence-electron chi connectivity index (χ3n) is 4.01. The Balaban J connectivity index is 1.32. The quantitative estimate of drug-likeness (QED) is 0.350. The smallest absolute Gasteiger partial charge is 0.220 e. The van der Waals surface area contributed by atoms with Gasteiger partial charge in [-0.2, -0.15) is 0 Å². The number of fused-ring (bicyclic) bond motifs is 1. The summed E-state index contributed by atoms with van der Waals surface area (Å²) in [4.78, 5) is 0. The summed E-state index contributed by atoms with van der Waals surface area (Å²) in [6, 6.07) is 22.2. The van der Waals surface area contributed by atoms with Crippen LogP contribution in [0.3, 0.4) is 0 Å². The number of methoxy groups -OCH3 is 1. The molecule has 0 aliphatic heterocycles. The summed E-state index contributed by atoms with van der Waals surface area (Å²) in [6.45, 7) is 1.13. The molecule has 3 nitrogen and oxygen atoms in total. The number of thiocarbonyl (C=S) groups is 1. The van der Waals surface area contributed by atoms with Gasteiger partial charge in [-0.25, -0.2) is 0 Å². The van der Waals surface area contributed by atoms with E-state index in [1.165, 1.54) is 10.8 Å². The predicted molar refractivity (Wildman–Crippen MR) is 117 cm³/mol. The fourth-order valence-corrected chi connectivity index (χ4v) is 3.45. The van der Waals surface area contributed by atoms with Gasteiger partial charge in [-0.05, 0) is 59.2 Å². The molecule has 0 N–H and O–H groups in total. The average molecular weight is 399 g/mol. The van der Waals surface area contributed by atoms with Crippen molar-refractivity contribution in [1.82, 2.24) is 0 Å². The maximum absolute atomic E-state index is 5.84. The molecule has 0 aliphatic rings. The van der Waals surface area contributed by atoms with Crippen LogP contribution in [0.25, 0.3) is 10.8 Å². The van der Waals surface area contributed by atoms with Crippen molar-refractivity contribution >= 4 is 39.1 Å². The summed E-state index contributed by atoms with van der Waals surface area (Å²) >= 11 is 6.82. The van der Waals surface area contributed by atoms with Crippen molar-refractivity contribution in [3.8, 4) is 11.5 Å². The molecule has 0 saturated carbocycles. The van der Waals surface area contributed by atoms with Crippen LogP contribution in [-0.2, 0) is 11.3 Å². The van der Waals surface area contributed by atoms with Crippen LogP contribution < -0.4 is 9.47 Å². The zero-order valence-corrected chi connectivity index (χ0v) is 16.9. The zero-order chi connectivity index (χ0) is 18.9. The number of benzene rings is 3. The molecule has 27 heavy (non-hydrogen) atoms. The lowest BCUT2D eigenvalue weighted by molar-refractivity contribution is 0.309. The van der Waals surface area contributed by atoms with Crippen molar-refractivity contribution in [1.29, 1.82) is 0 Å². The van der Waals surface area contributed by atoms with E-state index >= 15 is 0 Å². The normalized spacial score (nSPS) is 10.6. The third-order valence-corrected chi connectivity index (χ3v) is 5.33. The van der Waals surface area contributed by atoms with Crippen LogP contribution in [0.5, 0.6) is 11.5 Å².